The van der Waals surface area contributed by atoms with Crippen LogP contribution in [-0.2, 0) is 17.1 Å². The molecule has 1 saturated carbocycles. The third-order valence-electron chi connectivity index (χ3n) is 5.68. The van der Waals surface area contributed by atoms with E-state index in [1.165, 1.54) is 19.1 Å². The van der Waals surface area contributed by atoms with Gasteiger partial charge in [0.2, 0.25) is 0 Å². The van der Waals surface area contributed by atoms with Crippen molar-refractivity contribution in [2.75, 3.05) is 6.61 Å². The first-order valence-corrected chi connectivity index (χ1v) is 9.71. The molecule has 0 unspecified atom stereocenters. The molecule has 31 heavy (non-hydrogen) atoms. The third-order valence-corrected chi connectivity index (χ3v) is 5.68. The normalized spacial score (nSPS) is 23.2. The zero-order chi connectivity index (χ0) is 23.0. The summed E-state index contributed by atoms with van der Waals surface area (Å²) < 4.78 is 98.1. The summed E-state index contributed by atoms with van der Waals surface area (Å²) in [7, 11) is 0. The van der Waals surface area contributed by atoms with E-state index >= 15 is 0 Å². The molecule has 1 fully saturated rings. The molecule has 0 radical (unpaired) electrons. The van der Waals surface area contributed by atoms with Gasteiger partial charge in [-0.05, 0) is 67.1 Å². The molecule has 4 atom stereocenters. The van der Waals surface area contributed by atoms with E-state index in [0.29, 0.717) is 30.5 Å². The number of alkyl halides is 6. The van der Waals surface area contributed by atoms with Gasteiger partial charge >= 0.3 is 12.4 Å². The van der Waals surface area contributed by atoms with Crippen molar-refractivity contribution in [3.63, 3.8) is 0 Å². The van der Waals surface area contributed by atoms with Crippen LogP contribution in [0.1, 0.15) is 54.0 Å². The highest BCUT2D eigenvalue weighted by Gasteiger charge is 2.40. The Morgan fingerprint density at radius 2 is 1.48 bits per heavy atom. The summed E-state index contributed by atoms with van der Waals surface area (Å²) in [6.07, 6.45) is -10.5. The Bertz CT molecular complexity index is 858. The lowest BCUT2D eigenvalue weighted by molar-refractivity contribution is -0.143. The van der Waals surface area contributed by atoms with Gasteiger partial charge in [0.25, 0.3) is 0 Å². The molecule has 0 amide bonds. The van der Waals surface area contributed by atoms with E-state index in [4.69, 9.17) is 4.74 Å². The fourth-order valence-electron chi connectivity index (χ4n) is 4.12. The number of rotatable bonds is 5. The average molecular weight is 450 g/mol. The first-order valence-electron chi connectivity index (χ1n) is 9.71. The van der Waals surface area contributed by atoms with E-state index in [-0.39, 0.29) is 30.1 Å². The molecule has 0 heterocycles. The zero-order valence-electron chi connectivity index (χ0n) is 16.5. The van der Waals surface area contributed by atoms with Gasteiger partial charge in [0.05, 0.1) is 23.3 Å². The van der Waals surface area contributed by atoms with E-state index in [1.807, 2.05) is 0 Å². The maximum absolute atomic E-state index is 13.3. The number of halogens is 7. The Morgan fingerprint density at radius 1 is 0.935 bits per heavy atom. The van der Waals surface area contributed by atoms with Crippen LogP contribution in [0.25, 0.3) is 0 Å². The predicted octanol–water partition coefficient (Wildman–Crippen LogP) is 6.50. The molecule has 1 aliphatic rings. The molecule has 2 nitrogen and oxygen atoms in total. The molecule has 2 aromatic carbocycles. The maximum atomic E-state index is 13.3. The zero-order valence-corrected chi connectivity index (χ0v) is 16.5. The average Bonchev–Trinajstić information content (AvgIpc) is 3.09. The number of aliphatic hydroxyl groups is 1. The fourth-order valence-corrected chi connectivity index (χ4v) is 4.12. The van der Waals surface area contributed by atoms with Gasteiger partial charge < -0.3 is 9.84 Å². The van der Waals surface area contributed by atoms with Crippen molar-refractivity contribution in [2.24, 2.45) is 5.92 Å². The molecule has 2 aromatic rings. The fraction of sp³-hybridized carbons (Fsp3) is 0.455. The van der Waals surface area contributed by atoms with Gasteiger partial charge in [-0.3, -0.25) is 0 Å². The molecule has 1 aliphatic carbocycles. The monoisotopic (exact) mass is 450 g/mol. The largest absolute Gasteiger partial charge is 0.416 e. The second-order valence-electron chi connectivity index (χ2n) is 7.75. The lowest BCUT2D eigenvalue weighted by Crippen LogP contribution is -2.24. The highest BCUT2D eigenvalue weighted by Crippen LogP contribution is 2.44. The number of hydrogen-bond acceptors (Lipinski definition) is 2. The number of ether oxygens (including phenoxy) is 1. The van der Waals surface area contributed by atoms with Crippen LogP contribution >= 0.6 is 0 Å². The van der Waals surface area contributed by atoms with E-state index in [0.717, 1.165) is 0 Å². The van der Waals surface area contributed by atoms with Crippen molar-refractivity contribution in [1.82, 2.24) is 0 Å². The van der Waals surface area contributed by atoms with Gasteiger partial charge in [-0.15, -0.1) is 0 Å². The minimum Gasteiger partial charge on any atom is -0.396 e. The Hall–Kier alpha value is -2.13. The second kappa shape index (κ2) is 8.78. The number of aliphatic hydroxyl groups excluding tert-OH is 1. The van der Waals surface area contributed by atoms with Crippen LogP contribution in [0.5, 0.6) is 0 Å². The number of hydrogen-bond donors (Lipinski definition) is 1. The lowest BCUT2D eigenvalue weighted by Gasteiger charge is -2.28. The molecule has 0 spiro atoms. The molecule has 0 bridgehead atoms. The van der Waals surface area contributed by atoms with Gasteiger partial charge in [-0.1, -0.05) is 12.1 Å². The van der Waals surface area contributed by atoms with Crippen LogP contribution in [0.4, 0.5) is 30.7 Å². The van der Waals surface area contributed by atoms with Crippen molar-refractivity contribution >= 4 is 0 Å². The lowest BCUT2D eigenvalue weighted by atomic mass is 9.88. The highest BCUT2D eigenvalue weighted by atomic mass is 19.4. The van der Waals surface area contributed by atoms with Crippen LogP contribution in [0.2, 0.25) is 0 Å². The van der Waals surface area contributed by atoms with Crippen molar-refractivity contribution in [1.29, 1.82) is 0 Å². The van der Waals surface area contributed by atoms with Gasteiger partial charge in [0.15, 0.2) is 0 Å². The van der Waals surface area contributed by atoms with Crippen LogP contribution in [-0.4, -0.2) is 17.8 Å². The van der Waals surface area contributed by atoms with Crippen molar-refractivity contribution in [2.45, 2.75) is 50.2 Å². The smallest absolute Gasteiger partial charge is 0.396 e. The summed E-state index contributed by atoms with van der Waals surface area (Å²) in [5, 5.41) is 9.69. The summed E-state index contributed by atoms with van der Waals surface area (Å²) in [5.74, 6) is -1.02. The van der Waals surface area contributed by atoms with Crippen LogP contribution in [0, 0.1) is 11.7 Å². The van der Waals surface area contributed by atoms with E-state index in [2.05, 4.69) is 0 Å². The molecule has 9 heteroatoms. The summed E-state index contributed by atoms with van der Waals surface area (Å²) >= 11 is 0. The minimum absolute atomic E-state index is 0.0783. The summed E-state index contributed by atoms with van der Waals surface area (Å²) in [4.78, 5) is 0. The summed E-state index contributed by atoms with van der Waals surface area (Å²) in [6, 6.07) is 6.99. The molecule has 0 aromatic heterocycles. The van der Waals surface area contributed by atoms with E-state index in [9.17, 15) is 35.8 Å². The van der Waals surface area contributed by atoms with Crippen molar-refractivity contribution in [3.05, 3.63) is 70.5 Å². The Kier molecular flexibility index (Phi) is 6.67. The highest BCUT2D eigenvalue weighted by molar-refractivity contribution is 5.35. The van der Waals surface area contributed by atoms with Gasteiger partial charge in [0.1, 0.15) is 5.82 Å². The number of benzene rings is 2. The van der Waals surface area contributed by atoms with Crippen LogP contribution < -0.4 is 0 Å². The molecule has 0 saturated heterocycles. The molecular weight excluding hydrogens is 429 g/mol. The quantitative estimate of drug-likeness (QED) is 0.528. The van der Waals surface area contributed by atoms with Crippen LogP contribution in [0.3, 0.4) is 0 Å². The van der Waals surface area contributed by atoms with E-state index in [1.54, 1.807) is 12.1 Å². The standard InChI is InChI=1S/C22H21F7O2/c1-12(15-8-16(21(24,25)26)10-17(9-15)22(27,28)29)31-19-7-4-14(11-30)20(19)13-2-5-18(23)6-3-13/h2-3,5-6,8-10,12,14,19-20,30H,4,7,11H2,1H3/t12-,14+,19+,20+/m1/s1. The van der Waals surface area contributed by atoms with Gasteiger partial charge in [-0.2, -0.15) is 26.3 Å². The Labute approximate surface area is 174 Å². The second-order valence-corrected chi connectivity index (χ2v) is 7.75. The molecule has 170 valence electrons. The Morgan fingerprint density at radius 3 is 1.97 bits per heavy atom. The third kappa shape index (κ3) is 5.38. The molecule has 3 rings (SSSR count). The van der Waals surface area contributed by atoms with Gasteiger partial charge in [-0.25, -0.2) is 4.39 Å². The summed E-state index contributed by atoms with van der Waals surface area (Å²) in [5.41, 5.74) is -2.35. The minimum atomic E-state index is -4.94. The van der Waals surface area contributed by atoms with Crippen molar-refractivity contribution < 1.29 is 40.6 Å². The SMILES string of the molecule is C[C@@H](O[C@H]1CC[C@@H](CO)[C@@H]1c1ccc(F)cc1)c1cc(C(F)(F)F)cc(C(F)(F)F)c1. The molecular formula is C22H21F7O2. The Balaban J connectivity index is 1.90. The molecule has 0 aliphatic heterocycles. The summed E-state index contributed by atoms with van der Waals surface area (Å²) in [6.45, 7) is 1.22. The van der Waals surface area contributed by atoms with Crippen molar-refractivity contribution in [3.8, 4) is 0 Å². The van der Waals surface area contributed by atoms with E-state index < -0.39 is 41.5 Å². The maximum Gasteiger partial charge on any atom is 0.416 e. The van der Waals surface area contributed by atoms with Gasteiger partial charge in [0, 0.05) is 12.5 Å². The first kappa shape index (κ1) is 23.5. The molecule has 1 N–H and O–H groups in total. The first-order chi connectivity index (χ1) is 14.4. The topological polar surface area (TPSA) is 29.5 Å². The predicted molar refractivity (Wildman–Crippen MR) is 98.7 cm³/mol. The van der Waals surface area contributed by atoms with Crippen LogP contribution in [0.15, 0.2) is 42.5 Å².